The van der Waals surface area contributed by atoms with Gasteiger partial charge in [0.05, 0.1) is 12.6 Å². The van der Waals surface area contributed by atoms with Gasteiger partial charge in [-0.15, -0.1) is 11.3 Å². The summed E-state index contributed by atoms with van der Waals surface area (Å²) in [4.78, 5) is 19.1. The van der Waals surface area contributed by atoms with E-state index in [4.69, 9.17) is 9.97 Å². The monoisotopic (exact) mass is 422 g/mol. The summed E-state index contributed by atoms with van der Waals surface area (Å²) in [5.74, 6) is 2.12. The second-order valence-electron chi connectivity index (χ2n) is 7.41. The van der Waals surface area contributed by atoms with Crippen LogP contribution < -0.4 is 15.1 Å². The molecule has 0 aromatic carbocycles. The molecule has 28 heavy (non-hydrogen) atoms. The topological polar surface area (TPSA) is 100 Å². The third-order valence-electron chi connectivity index (χ3n) is 5.25. The largest absolute Gasteiger partial charge is 0.611 e. The number of fused-ring (bicyclic) bond motifs is 1. The van der Waals surface area contributed by atoms with Gasteiger partial charge < -0.3 is 24.8 Å². The van der Waals surface area contributed by atoms with E-state index >= 15 is 0 Å². The Labute approximate surface area is 172 Å². The minimum atomic E-state index is -1.08. The van der Waals surface area contributed by atoms with Crippen LogP contribution in [-0.4, -0.2) is 69.2 Å². The van der Waals surface area contributed by atoms with Crippen molar-refractivity contribution < 1.29 is 9.66 Å². The lowest BCUT2D eigenvalue weighted by molar-refractivity contribution is 0.248. The Morgan fingerprint density at radius 2 is 2.00 bits per heavy atom. The van der Waals surface area contributed by atoms with Crippen molar-refractivity contribution >= 4 is 39.4 Å². The maximum absolute atomic E-state index is 12.5. The lowest BCUT2D eigenvalue weighted by atomic mass is 10.1. The number of aliphatic hydroxyl groups excluding tert-OH is 1. The Balaban J connectivity index is 1.56. The number of aliphatic hydroxyl groups is 1. The van der Waals surface area contributed by atoms with E-state index in [1.54, 1.807) is 11.3 Å². The lowest BCUT2D eigenvalue weighted by Gasteiger charge is -2.34. The van der Waals surface area contributed by atoms with Crippen molar-refractivity contribution in [3.63, 3.8) is 0 Å². The highest BCUT2D eigenvalue weighted by Crippen LogP contribution is 2.33. The van der Waals surface area contributed by atoms with Crippen molar-refractivity contribution in [2.24, 2.45) is 5.92 Å². The molecule has 0 bridgehead atoms. The lowest BCUT2D eigenvalue weighted by Crippen LogP contribution is -2.47. The molecule has 0 spiro atoms. The average molecular weight is 423 g/mol. The Kier molecular flexibility index (Phi) is 5.91. The minimum Gasteiger partial charge on any atom is -0.611 e. The van der Waals surface area contributed by atoms with Crippen LogP contribution in [0.1, 0.15) is 19.5 Å². The number of thiazole rings is 1. The first-order valence-corrected chi connectivity index (χ1v) is 11.8. The van der Waals surface area contributed by atoms with Crippen LogP contribution in [0.25, 0.3) is 0 Å². The molecule has 2 aromatic heterocycles. The molecular weight excluding hydrogens is 396 g/mol. The number of rotatable bonds is 6. The van der Waals surface area contributed by atoms with Crippen LogP contribution in [0.4, 0.5) is 16.9 Å². The molecule has 1 fully saturated rings. The summed E-state index contributed by atoms with van der Waals surface area (Å²) in [6, 6.07) is -0.133. The van der Waals surface area contributed by atoms with Crippen LogP contribution in [0.15, 0.2) is 16.5 Å². The fourth-order valence-electron chi connectivity index (χ4n) is 3.49. The smallest absolute Gasteiger partial charge is 0.228 e. The summed E-state index contributed by atoms with van der Waals surface area (Å²) in [7, 11) is 0. The molecule has 4 rings (SSSR count). The Bertz CT molecular complexity index is 796. The molecule has 0 aliphatic carbocycles. The molecule has 1 saturated heterocycles. The van der Waals surface area contributed by atoms with E-state index < -0.39 is 11.2 Å². The summed E-state index contributed by atoms with van der Waals surface area (Å²) in [5, 5.41) is 16.1. The predicted octanol–water partition coefficient (Wildman–Crippen LogP) is 1.35. The van der Waals surface area contributed by atoms with E-state index in [0.29, 0.717) is 28.8 Å². The van der Waals surface area contributed by atoms with Gasteiger partial charge in [-0.3, -0.25) is 0 Å². The van der Waals surface area contributed by atoms with Crippen molar-refractivity contribution in [1.29, 1.82) is 0 Å². The van der Waals surface area contributed by atoms with Crippen LogP contribution in [0.3, 0.4) is 0 Å². The van der Waals surface area contributed by atoms with Gasteiger partial charge in [0, 0.05) is 44.2 Å². The fraction of sp³-hybridized carbons (Fsp3) is 0.611. The molecule has 2 aliphatic rings. The van der Waals surface area contributed by atoms with Gasteiger partial charge in [-0.05, 0) is 17.1 Å². The van der Waals surface area contributed by atoms with Crippen LogP contribution in [0, 0.1) is 5.92 Å². The number of aryl methyl sites for hydroxylation is 1. The highest BCUT2D eigenvalue weighted by molar-refractivity contribution is 7.91. The van der Waals surface area contributed by atoms with E-state index in [2.05, 4.69) is 20.1 Å². The second kappa shape index (κ2) is 8.40. The zero-order chi connectivity index (χ0) is 19.7. The number of hydrogen-bond donors (Lipinski definition) is 2. The SMILES string of the molecule is CC(C)[C@H](CO)Nc1nc(N2CCN(c3nccs3)CC2)nc2c1[S+]([O-])CC2. The molecule has 2 atom stereocenters. The van der Waals surface area contributed by atoms with Crippen LogP contribution in [0.5, 0.6) is 0 Å². The van der Waals surface area contributed by atoms with Crippen molar-refractivity contribution in [3.05, 3.63) is 17.3 Å². The molecule has 0 amide bonds. The first-order chi connectivity index (χ1) is 13.6. The van der Waals surface area contributed by atoms with Crippen molar-refractivity contribution in [2.75, 3.05) is 53.7 Å². The van der Waals surface area contributed by atoms with Gasteiger partial charge in [0.2, 0.25) is 10.8 Å². The minimum absolute atomic E-state index is 0.00486. The Morgan fingerprint density at radius 1 is 1.25 bits per heavy atom. The number of hydrogen-bond acceptors (Lipinski definition) is 9. The van der Waals surface area contributed by atoms with Crippen molar-refractivity contribution in [1.82, 2.24) is 15.0 Å². The van der Waals surface area contributed by atoms with Crippen molar-refractivity contribution in [3.8, 4) is 0 Å². The number of anilines is 3. The zero-order valence-electron chi connectivity index (χ0n) is 16.2. The van der Waals surface area contributed by atoms with Crippen LogP contribution in [-0.2, 0) is 17.6 Å². The zero-order valence-corrected chi connectivity index (χ0v) is 17.8. The van der Waals surface area contributed by atoms with Gasteiger partial charge in [-0.1, -0.05) is 13.8 Å². The van der Waals surface area contributed by atoms with E-state index in [0.717, 1.165) is 37.0 Å². The first-order valence-electron chi connectivity index (χ1n) is 9.63. The quantitative estimate of drug-likeness (QED) is 0.673. The van der Waals surface area contributed by atoms with E-state index in [1.807, 2.05) is 25.4 Å². The highest BCUT2D eigenvalue weighted by Gasteiger charge is 2.34. The highest BCUT2D eigenvalue weighted by atomic mass is 32.2. The summed E-state index contributed by atoms with van der Waals surface area (Å²) in [5.41, 5.74) is 0.869. The molecule has 0 saturated carbocycles. The molecule has 152 valence electrons. The van der Waals surface area contributed by atoms with E-state index in [1.165, 1.54) is 0 Å². The molecule has 8 nitrogen and oxygen atoms in total. The third kappa shape index (κ3) is 3.91. The summed E-state index contributed by atoms with van der Waals surface area (Å²) in [6.45, 7) is 7.46. The van der Waals surface area contributed by atoms with Gasteiger partial charge in [0.25, 0.3) is 0 Å². The molecule has 1 unspecified atom stereocenters. The summed E-state index contributed by atoms with van der Waals surface area (Å²) >= 11 is 0.572. The summed E-state index contributed by atoms with van der Waals surface area (Å²) in [6.07, 6.45) is 2.54. The number of piperazine rings is 1. The Hall–Kier alpha value is -1.62. The Morgan fingerprint density at radius 3 is 2.64 bits per heavy atom. The molecule has 0 radical (unpaired) electrons. The van der Waals surface area contributed by atoms with Gasteiger partial charge in [0.1, 0.15) is 11.4 Å². The van der Waals surface area contributed by atoms with Gasteiger partial charge in [-0.25, -0.2) is 9.97 Å². The van der Waals surface area contributed by atoms with Crippen molar-refractivity contribution in [2.45, 2.75) is 31.2 Å². The normalized spacial score (nSPS) is 20.5. The maximum Gasteiger partial charge on any atom is 0.228 e. The van der Waals surface area contributed by atoms with Gasteiger partial charge in [-0.2, -0.15) is 4.98 Å². The molecule has 2 aromatic rings. The fourth-order valence-corrected chi connectivity index (χ4v) is 5.50. The molecule has 2 aliphatic heterocycles. The molecular formula is C18H26N6O2S2. The van der Waals surface area contributed by atoms with E-state index in [-0.39, 0.29) is 18.6 Å². The number of aromatic nitrogens is 3. The maximum atomic E-state index is 12.5. The third-order valence-corrected chi connectivity index (χ3v) is 7.54. The number of nitrogens with zero attached hydrogens (tertiary/aromatic N) is 5. The van der Waals surface area contributed by atoms with Crippen LogP contribution >= 0.6 is 11.3 Å². The van der Waals surface area contributed by atoms with E-state index in [9.17, 15) is 9.66 Å². The van der Waals surface area contributed by atoms with Gasteiger partial charge >= 0.3 is 0 Å². The molecule has 10 heteroatoms. The average Bonchev–Trinajstić information content (AvgIpc) is 3.36. The van der Waals surface area contributed by atoms with Gasteiger partial charge in [0.15, 0.2) is 10.9 Å². The molecule has 4 heterocycles. The standard InChI is InChI=1S/C18H26N6O2S2/c1-12(2)14(11-25)20-16-15-13(3-10-28(15)26)21-17(22-16)23-5-7-24(8-6-23)18-19-4-9-27-18/h4,9,12,14,25H,3,5-8,10-11H2,1-2H3,(H,20,21,22)/t14-,28?/m0/s1. The van der Waals surface area contributed by atoms with Crippen LogP contribution in [0.2, 0.25) is 0 Å². The molecule has 2 N–H and O–H groups in total. The second-order valence-corrected chi connectivity index (χ2v) is 9.79. The summed E-state index contributed by atoms with van der Waals surface area (Å²) < 4.78 is 12.5. The first kappa shape index (κ1) is 19.7. The number of nitrogens with one attached hydrogen (secondary N) is 1. The predicted molar refractivity (Wildman–Crippen MR) is 113 cm³/mol.